The highest BCUT2D eigenvalue weighted by atomic mass is 16.7. The average Bonchev–Trinajstić information content (AvgIpc) is 3.47. The van der Waals surface area contributed by atoms with Gasteiger partial charge in [-0.3, -0.25) is 0 Å². The van der Waals surface area contributed by atoms with E-state index in [2.05, 4.69) is 26.1 Å². The van der Waals surface area contributed by atoms with Crippen molar-refractivity contribution in [2.75, 3.05) is 13.1 Å². The van der Waals surface area contributed by atoms with Crippen molar-refractivity contribution in [1.82, 2.24) is 5.32 Å². The lowest BCUT2D eigenvalue weighted by molar-refractivity contribution is -0.199. The van der Waals surface area contributed by atoms with Gasteiger partial charge < -0.3 is 33.6 Å². The highest BCUT2D eigenvalue weighted by molar-refractivity contribution is 6.45. The number of carbonyl (C=O) groups is 2. The zero-order valence-corrected chi connectivity index (χ0v) is 26.8. The molecule has 1 N–H and O–H groups in total. The lowest BCUT2D eigenvalue weighted by atomic mass is 9.43. The Morgan fingerprint density at radius 1 is 1.05 bits per heavy atom. The number of carbonyl (C=O) groups excluding carboxylic acids is 2. The molecule has 0 amide bonds. The van der Waals surface area contributed by atoms with Gasteiger partial charge in [0.25, 0.3) is 0 Å². The lowest BCUT2D eigenvalue weighted by Gasteiger charge is -2.64. The Hall–Kier alpha value is -2.30. The van der Waals surface area contributed by atoms with Crippen LogP contribution in [0.15, 0.2) is 12.1 Å². The minimum absolute atomic E-state index is 0.0740. The van der Waals surface area contributed by atoms with Crippen LogP contribution in [0.2, 0.25) is 6.32 Å². The highest BCUT2D eigenvalue weighted by Crippen LogP contribution is 2.65. The Morgan fingerprint density at radius 3 is 2.38 bits per heavy atom. The van der Waals surface area contributed by atoms with Crippen LogP contribution < -0.4 is 14.8 Å². The van der Waals surface area contributed by atoms with Gasteiger partial charge in [0.2, 0.25) is 0 Å². The Bertz CT molecular complexity index is 1200. The van der Waals surface area contributed by atoms with Crippen molar-refractivity contribution in [2.24, 2.45) is 17.3 Å². The summed E-state index contributed by atoms with van der Waals surface area (Å²) in [4.78, 5) is 26.6. The molecule has 1 aromatic rings. The van der Waals surface area contributed by atoms with Gasteiger partial charge in [-0.2, -0.15) is 0 Å². The fourth-order valence-electron chi connectivity index (χ4n) is 7.15. The van der Waals surface area contributed by atoms with Crippen LogP contribution in [0.3, 0.4) is 0 Å². The summed E-state index contributed by atoms with van der Waals surface area (Å²) in [6, 6.07) is 3.61. The van der Waals surface area contributed by atoms with E-state index in [1.165, 1.54) is 6.42 Å². The van der Waals surface area contributed by atoms with E-state index in [4.69, 9.17) is 28.3 Å². The molecule has 2 aliphatic heterocycles. The third kappa shape index (κ3) is 6.31. The summed E-state index contributed by atoms with van der Waals surface area (Å²) in [5.41, 5.74) is -0.877. The number of aryl methyl sites for hydroxylation is 1. The fourth-order valence-corrected chi connectivity index (χ4v) is 7.15. The third-order valence-electron chi connectivity index (χ3n) is 9.34. The van der Waals surface area contributed by atoms with Crippen molar-refractivity contribution in [2.45, 2.75) is 123 Å². The molecule has 232 valence electrons. The SMILES string of the molecule is CC(C)(C)OC(=O)Oc1c(CCB2O[C@@H]3C[C@@H]4C[C@@H](C4(C)C)[C@]3(C)O2)ccc(O[C@H]2CCNC2)c1C(=O)OC(C)(C)C. The van der Waals surface area contributed by atoms with E-state index in [0.29, 0.717) is 42.4 Å². The molecule has 3 aliphatic carbocycles. The summed E-state index contributed by atoms with van der Waals surface area (Å²) < 4.78 is 36.4. The Labute approximate surface area is 250 Å². The summed E-state index contributed by atoms with van der Waals surface area (Å²) in [5, 5.41) is 3.28. The minimum atomic E-state index is -0.901. The van der Waals surface area contributed by atoms with Crippen LogP contribution in [-0.2, 0) is 25.2 Å². The van der Waals surface area contributed by atoms with Gasteiger partial charge in [-0.15, -0.1) is 0 Å². The van der Waals surface area contributed by atoms with Gasteiger partial charge in [-0.25, -0.2) is 9.59 Å². The van der Waals surface area contributed by atoms with E-state index < -0.39 is 30.4 Å². The quantitative estimate of drug-likeness (QED) is 0.236. The van der Waals surface area contributed by atoms with Gasteiger partial charge in [-0.1, -0.05) is 19.9 Å². The molecule has 1 aromatic carbocycles. The van der Waals surface area contributed by atoms with Crippen LogP contribution in [0.5, 0.6) is 11.5 Å². The first kappa shape index (κ1) is 31.1. The zero-order valence-electron chi connectivity index (χ0n) is 26.8. The van der Waals surface area contributed by atoms with Crippen molar-refractivity contribution in [1.29, 1.82) is 0 Å². The molecule has 3 saturated carbocycles. The Balaban J connectivity index is 1.43. The topological polar surface area (TPSA) is 102 Å². The molecule has 0 spiro atoms. The number of nitrogens with one attached hydrogen (secondary N) is 1. The van der Waals surface area contributed by atoms with Crippen LogP contribution in [0.1, 0.15) is 97.5 Å². The molecule has 42 heavy (non-hydrogen) atoms. The van der Waals surface area contributed by atoms with E-state index >= 15 is 0 Å². The van der Waals surface area contributed by atoms with Gasteiger partial charge in [-0.05, 0) is 116 Å². The van der Waals surface area contributed by atoms with Gasteiger partial charge in [0.15, 0.2) is 5.75 Å². The lowest BCUT2D eigenvalue weighted by Crippen LogP contribution is -2.65. The summed E-state index contributed by atoms with van der Waals surface area (Å²) in [5.74, 6) is 0.903. The molecule has 9 nitrogen and oxygen atoms in total. The summed E-state index contributed by atoms with van der Waals surface area (Å²) >= 11 is 0. The van der Waals surface area contributed by atoms with Crippen molar-refractivity contribution < 1.29 is 37.8 Å². The molecule has 5 atom stereocenters. The van der Waals surface area contributed by atoms with E-state index in [0.717, 1.165) is 19.4 Å². The molecule has 5 aliphatic rings. The first-order chi connectivity index (χ1) is 19.5. The van der Waals surface area contributed by atoms with Crippen LogP contribution >= 0.6 is 0 Å². The molecule has 0 unspecified atom stereocenters. The fraction of sp³-hybridized carbons (Fsp3) is 0.750. The van der Waals surface area contributed by atoms with Crippen molar-refractivity contribution in [3.05, 3.63) is 23.3 Å². The normalized spacial score (nSPS) is 29.9. The van der Waals surface area contributed by atoms with Crippen LogP contribution in [0.4, 0.5) is 4.79 Å². The van der Waals surface area contributed by atoms with Gasteiger partial charge >= 0.3 is 19.2 Å². The predicted molar refractivity (Wildman–Crippen MR) is 159 cm³/mol. The summed E-state index contributed by atoms with van der Waals surface area (Å²) in [7, 11) is -0.394. The number of esters is 1. The first-order valence-corrected chi connectivity index (χ1v) is 15.5. The predicted octanol–water partition coefficient (Wildman–Crippen LogP) is 5.97. The molecular weight excluding hydrogens is 537 g/mol. The van der Waals surface area contributed by atoms with Crippen molar-refractivity contribution in [3.63, 3.8) is 0 Å². The van der Waals surface area contributed by atoms with E-state index in [1.807, 2.05) is 6.07 Å². The molecule has 2 saturated heterocycles. The molecular formula is C32H48BNO8. The number of ether oxygens (including phenoxy) is 4. The van der Waals surface area contributed by atoms with Crippen LogP contribution in [0, 0.1) is 17.3 Å². The second-order valence-corrected chi connectivity index (χ2v) is 15.2. The number of rotatable bonds is 7. The van der Waals surface area contributed by atoms with E-state index in [9.17, 15) is 9.59 Å². The zero-order chi connectivity index (χ0) is 30.7. The highest BCUT2D eigenvalue weighted by Gasteiger charge is 2.67. The first-order valence-electron chi connectivity index (χ1n) is 15.5. The van der Waals surface area contributed by atoms with Crippen molar-refractivity contribution in [3.8, 4) is 11.5 Å². The number of benzene rings is 1. The standard InChI is InChI=1S/C32H48BNO8/c1-29(2,3)39-27(35)25-22(37-21-13-15-34-18-21)11-10-19(26(25)38-28(36)40-30(4,5)6)12-14-33-41-24-17-20-16-23(31(20,7)8)32(24,9)42-33/h10-11,20-21,23-24,34H,12-18H2,1-9H3/t20-,21-,23-,24+,32-/m0/s1. The smallest absolute Gasteiger partial charge is 0.488 e. The maximum atomic E-state index is 13.7. The largest absolute Gasteiger partial charge is 0.514 e. The third-order valence-corrected chi connectivity index (χ3v) is 9.34. The number of hydrogen-bond donors (Lipinski definition) is 1. The molecule has 2 heterocycles. The maximum absolute atomic E-state index is 13.7. The molecule has 10 heteroatoms. The van der Waals surface area contributed by atoms with E-state index in [-0.39, 0.29) is 34.5 Å². The monoisotopic (exact) mass is 585 g/mol. The van der Waals surface area contributed by atoms with Crippen LogP contribution in [0.25, 0.3) is 0 Å². The van der Waals surface area contributed by atoms with Gasteiger partial charge in [0.1, 0.15) is 28.6 Å². The summed E-state index contributed by atoms with van der Waals surface area (Å²) in [6.45, 7) is 19.0. The average molecular weight is 586 g/mol. The van der Waals surface area contributed by atoms with Gasteiger partial charge in [0, 0.05) is 6.54 Å². The van der Waals surface area contributed by atoms with Crippen LogP contribution in [-0.4, -0.2) is 61.3 Å². The molecule has 2 bridgehead atoms. The Morgan fingerprint density at radius 2 is 1.76 bits per heavy atom. The molecule has 5 fully saturated rings. The van der Waals surface area contributed by atoms with E-state index in [1.54, 1.807) is 47.6 Å². The second-order valence-electron chi connectivity index (χ2n) is 15.2. The maximum Gasteiger partial charge on any atom is 0.514 e. The summed E-state index contributed by atoms with van der Waals surface area (Å²) in [6.07, 6.45) is 3.03. The second kappa shape index (κ2) is 11.0. The van der Waals surface area contributed by atoms with Gasteiger partial charge in [0.05, 0.1) is 11.7 Å². The molecule has 6 rings (SSSR count). The molecule has 0 aromatic heterocycles. The molecule has 0 radical (unpaired) electrons. The number of hydrogen-bond acceptors (Lipinski definition) is 9. The minimum Gasteiger partial charge on any atom is -0.488 e. The van der Waals surface area contributed by atoms with Crippen molar-refractivity contribution >= 4 is 19.2 Å². The Kier molecular flexibility index (Phi) is 8.16.